The second kappa shape index (κ2) is 8.96. The largest absolute Gasteiger partial charge is 0.446 e. The van der Waals surface area contributed by atoms with Gasteiger partial charge in [0, 0.05) is 45.1 Å². The Bertz CT molecular complexity index is 385. The first kappa shape index (κ1) is 19.5. The van der Waals surface area contributed by atoms with Gasteiger partial charge in [-0.25, -0.2) is 9.59 Å². The monoisotopic (exact) mass is 329 g/mol. The number of rotatable bonds is 5. The molecular weight excluding hydrogens is 298 g/mol. The zero-order valence-electron chi connectivity index (χ0n) is 15.0. The number of hydrogen-bond acceptors (Lipinski definition) is 5. The van der Waals surface area contributed by atoms with Crippen molar-refractivity contribution in [3.05, 3.63) is 0 Å². The molecule has 1 fully saturated rings. The van der Waals surface area contributed by atoms with Crippen molar-refractivity contribution in [2.45, 2.75) is 65.2 Å². The summed E-state index contributed by atoms with van der Waals surface area (Å²) >= 11 is 0. The van der Waals surface area contributed by atoms with Crippen LogP contribution in [0.5, 0.6) is 0 Å². The van der Waals surface area contributed by atoms with E-state index in [2.05, 4.69) is 24.5 Å². The van der Waals surface area contributed by atoms with Gasteiger partial charge in [-0.05, 0) is 20.8 Å². The molecule has 0 radical (unpaired) electrons. The van der Waals surface area contributed by atoms with Crippen molar-refractivity contribution in [1.29, 1.82) is 0 Å². The van der Waals surface area contributed by atoms with Crippen molar-refractivity contribution in [3.63, 3.8) is 0 Å². The summed E-state index contributed by atoms with van der Waals surface area (Å²) in [5, 5.41) is 5.93. The van der Waals surface area contributed by atoms with E-state index in [1.165, 1.54) is 0 Å². The highest BCUT2D eigenvalue weighted by Crippen LogP contribution is 2.17. The second-order valence-corrected chi connectivity index (χ2v) is 7.11. The highest BCUT2D eigenvalue weighted by molar-refractivity contribution is 5.68. The van der Waals surface area contributed by atoms with E-state index >= 15 is 0 Å². The third-order valence-corrected chi connectivity index (χ3v) is 3.31. The lowest BCUT2D eigenvalue weighted by molar-refractivity contribution is 0.00651. The summed E-state index contributed by atoms with van der Waals surface area (Å²) in [7, 11) is 0. The Hall–Kier alpha value is -1.50. The Balaban J connectivity index is 2.20. The molecule has 0 aromatic heterocycles. The molecule has 0 spiro atoms. The van der Waals surface area contributed by atoms with E-state index in [0.29, 0.717) is 45.1 Å². The Kier molecular flexibility index (Phi) is 7.61. The van der Waals surface area contributed by atoms with E-state index in [-0.39, 0.29) is 12.2 Å². The third kappa shape index (κ3) is 8.64. The van der Waals surface area contributed by atoms with E-state index in [1.807, 2.05) is 20.8 Å². The molecule has 23 heavy (non-hydrogen) atoms. The molecule has 0 saturated carbocycles. The second-order valence-electron chi connectivity index (χ2n) is 7.11. The Morgan fingerprint density at radius 1 is 1.17 bits per heavy atom. The average molecular weight is 329 g/mol. The Morgan fingerprint density at radius 2 is 1.78 bits per heavy atom. The van der Waals surface area contributed by atoms with Gasteiger partial charge in [0.05, 0.1) is 0 Å². The van der Waals surface area contributed by atoms with E-state index in [1.54, 1.807) is 4.90 Å². The number of ether oxygens (including phenoxy) is 2. The molecule has 1 saturated heterocycles. The number of likely N-dealkylation sites (tertiary alicyclic amines) is 1. The third-order valence-electron chi connectivity index (χ3n) is 3.31. The van der Waals surface area contributed by atoms with Crippen molar-refractivity contribution in [3.8, 4) is 0 Å². The van der Waals surface area contributed by atoms with Gasteiger partial charge in [0.15, 0.2) is 0 Å². The average Bonchev–Trinajstić information content (AvgIpc) is 2.42. The first-order valence-electron chi connectivity index (χ1n) is 8.33. The molecule has 7 heteroatoms. The van der Waals surface area contributed by atoms with Crippen molar-refractivity contribution < 1.29 is 19.1 Å². The normalized spacial score (nSPS) is 16.3. The smallest absolute Gasteiger partial charge is 0.410 e. The number of hydrogen-bond donors (Lipinski definition) is 2. The van der Waals surface area contributed by atoms with E-state index < -0.39 is 11.7 Å². The zero-order valence-corrected chi connectivity index (χ0v) is 15.0. The molecule has 1 aliphatic heterocycles. The lowest BCUT2D eigenvalue weighted by atomic mass is 10.1. The molecule has 0 aliphatic carbocycles. The highest BCUT2D eigenvalue weighted by atomic mass is 16.6. The number of carbonyl (C=O) groups is 2. The quantitative estimate of drug-likeness (QED) is 0.755. The minimum atomic E-state index is -0.492. The van der Waals surface area contributed by atoms with E-state index in [0.717, 1.165) is 0 Å². The Morgan fingerprint density at radius 3 is 2.30 bits per heavy atom. The maximum Gasteiger partial charge on any atom is 0.410 e. The van der Waals surface area contributed by atoms with Crippen molar-refractivity contribution in [2.24, 2.45) is 0 Å². The van der Waals surface area contributed by atoms with Crippen LogP contribution in [0.4, 0.5) is 9.59 Å². The number of alkyl carbamates (subject to hydrolysis) is 1. The predicted molar refractivity (Wildman–Crippen MR) is 88.5 cm³/mol. The van der Waals surface area contributed by atoms with Crippen LogP contribution in [0.15, 0.2) is 0 Å². The first-order valence-corrected chi connectivity index (χ1v) is 8.33. The molecule has 134 valence electrons. The minimum absolute atomic E-state index is 0.147. The number of amides is 2. The predicted octanol–water partition coefficient (Wildman–Crippen LogP) is 2.11. The molecule has 2 amide bonds. The summed E-state index contributed by atoms with van der Waals surface area (Å²) in [6.07, 6.45) is 0.423. The summed E-state index contributed by atoms with van der Waals surface area (Å²) in [6, 6.07) is 0.394. The van der Waals surface area contributed by atoms with Crippen molar-refractivity contribution >= 4 is 12.2 Å². The summed E-state index contributed by atoms with van der Waals surface area (Å²) < 4.78 is 10.7. The molecule has 0 bridgehead atoms. The van der Waals surface area contributed by atoms with Gasteiger partial charge in [0.25, 0.3) is 0 Å². The van der Waals surface area contributed by atoms with Crippen LogP contribution >= 0.6 is 0 Å². The molecular formula is C16H31N3O4. The minimum Gasteiger partial charge on any atom is -0.446 e. The van der Waals surface area contributed by atoms with E-state index in [9.17, 15) is 9.59 Å². The number of nitrogens with zero attached hydrogens (tertiary/aromatic N) is 1. The van der Waals surface area contributed by atoms with Crippen LogP contribution in [0.1, 0.15) is 47.5 Å². The fraction of sp³-hybridized carbons (Fsp3) is 0.875. The van der Waals surface area contributed by atoms with Gasteiger partial charge in [-0.2, -0.15) is 0 Å². The van der Waals surface area contributed by atoms with Gasteiger partial charge in [-0.15, -0.1) is 0 Å². The number of carbonyl (C=O) groups excluding carboxylic acids is 2. The van der Waals surface area contributed by atoms with Crippen LogP contribution in [0, 0.1) is 0 Å². The number of nitrogens with one attached hydrogen (secondary N) is 2. The standard InChI is InChI=1S/C16H31N3O4/c1-12(2)17-8-9-18-14(20)22-13-6-10-19(11-7-13)15(21)23-16(3,4)5/h12-13,17H,6-11H2,1-5H3,(H,18,20). The van der Waals surface area contributed by atoms with Crippen molar-refractivity contribution in [2.75, 3.05) is 26.2 Å². The van der Waals surface area contributed by atoms with Gasteiger partial charge in [-0.3, -0.25) is 0 Å². The maximum absolute atomic E-state index is 11.9. The summed E-state index contributed by atoms with van der Waals surface area (Å²) in [5.41, 5.74) is -0.492. The fourth-order valence-electron chi connectivity index (χ4n) is 2.20. The maximum atomic E-state index is 11.9. The molecule has 0 aromatic carbocycles. The summed E-state index contributed by atoms with van der Waals surface area (Å²) in [6.45, 7) is 12.0. The first-order chi connectivity index (χ1) is 10.7. The van der Waals surface area contributed by atoms with Crippen LogP contribution < -0.4 is 10.6 Å². The van der Waals surface area contributed by atoms with Gasteiger partial charge in [-0.1, -0.05) is 13.8 Å². The van der Waals surface area contributed by atoms with Gasteiger partial charge in [0.1, 0.15) is 11.7 Å². The van der Waals surface area contributed by atoms with Gasteiger partial charge >= 0.3 is 12.2 Å². The molecule has 0 aromatic rings. The van der Waals surface area contributed by atoms with Crippen LogP contribution in [0.3, 0.4) is 0 Å². The van der Waals surface area contributed by atoms with Gasteiger partial charge in [0.2, 0.25) is 0 Å². The lowest BCUT2D eigenvalue weighted by Gasteiger charge is -2.33. The Labute approximate surface area is 139 Å². The van der Waals surface area contributed by atoms with Crippen LogP contribution in [-0.4, -0.2) is 61.0 Å². The molecule has 0 atom stereocenters. The number of piperidine rings is 1. The van der Waals surface area contributed by atoms with Crippen LogP contribution in [-0.2, 0) is 9.47 Å². The molecule has 0 unspecified atom stereocenters. The zero-order chi connectivity index (χ0) is 17.5. The van der Waals surface area contributed by atoms with Crippen LogP contribution in [0.2, 0.25) is 0 Å². The fourth-order valence-corrected chi connectivity index (χ4v) is 2.20. The SMILES string of the molecule is CC(C)NCCNC(=O)OC1CCN(C(=O)OC(C)(C)C)CC1. The van der Waals surface area contributed by atoms with Crippen LogP contribution in [0.25, 0.3) is 0 Å². The topological polar surface area (TPSA) is 79.9 Å². The summed E-state index contributed by atoms with van der Waals surface area (Å²) in [4.78, 5) is 25.3. The van der Waals surface area contributed by atoms with Gasteiger partial charge < -0.3 is 25.0 Å². The molecule has 1 aliphatic rings. The molecule has 1 heterocycles. The lowest BCUT2D eigenvalue weighted by Crippen LogP contribution is -2.44. The highest BCUT2D eigenvalue weighted by Gasteiger charge is 2.28. The molecule has 2 N–H and O–H groups in total. The summed E-state index contributed by atoms with van der Waals surface area (Å²) in [5.74, 6) is 0. The van der Waals surface area contributed by atoms with Crippen molar-refractivity contribution in [1.82, 2.24) is 15.5 Å². The molecule has 7 nitrogen and oxygen atoms in total. The molecule has 1 rings (SSSR count). The van der Waals surface area contributed by atoms with E-state index in [4.69, 9.17) is 9.47 Å².